The van der Waals surface area contributed by atoms with E-state index in [9.17, 15) is 4.79 Å². The van der Waals surface area contributed by atoms with Gasteiger partial charge in [-0.1, -0.05) is 50.2 Å². The smallest absolute Gasteiger partial charge is 0.287 e. The zero-order valence-electron chi connectivity index (χ0n) is 15.9. The normalized spacial score (nSPS) is 11.1. The third-order valence-electron chi connectivity index (χ3n) is 4.61. The van der Waals surface area contributed by atoms with Gasteiger partial charge in [0, 0.05) is 18.5 Å². The van der Waals surface area contributed by atoms with E-state index in [4.69, 9.17) is 9.15 Å². The summed E-state index contributed by atoms with van der Waals surface area (Å²) in [6.45, 7) is 7.88. The van der Waals surface area contributed by atoms with Crippen molar-refractivity contribution in [1.29, 1.82) is 0 Å². The molecule has 3 rings (SSSR count). The maximum absolute atomic E-state index is 12.2. The first kappa shape index (κ1) is 19.0. The third-order valence-corrected chi connectivity index (χ3v) is 4.61. The fourth-order valence-corrected chi connectivity index (χ4v) is 3.00. The summed E-state index contributed by atoms with van der Waals surface area (Å²) >= 11 is 0. The van der Waals surface area contributed by atoms with Crippen LogP contribution in [-0.2, 0) is 6.61 Å². The van der Waals surface area contributed by atoms with Crippen LogP contribution in [-0.4, -0.2) is 37.0 Å². The summed E-state index contributed by atoms with van der Waals surface area (Å²) in [5.41, 5.74) is 0. The van der Waals surface area contributed by atoms with Gasteiger partial charge in [0.05, 0.1) is 0 Å². The van der Waals surface area contributed by atoms with Crippen molar-refractivity contribution < 1.29 is 13.9 Å². The lowest BCUT2D eigenvalue weighted by molar-refractivity contribution is 0.0917. The second kappa shape index (κ2) is 9.24. The van der Waals surface area contributed by atoms with E-state index in [1.807, 2.05) is 30.3 Å². The molecular formula is C22H26N2O3. The number of benzene rings is 2. The Balaban J connectivity index is 1.55. The summed E-state index contributed by atoms with van der Waals surface area (Å²) in [6.07, 6.45) is 0. The molecule has 0 fully saturated rings. The molecular weight excluding hydrogens is 340 g/mol. The van der Waals surface area contributed by atoms with Gasteiger partial charge in [-0.05, 0) is 36.7 Å². The number of amides is 1. The SMILES string of the molecule is CCN(CC)CCNC(=O)c1ccc(COc2cccc3ccccc23)o1. The Morgan fingerprint density at radius 1 is 1.04 bits per heavy atom. The van der Waals surface area contributed by atoms with Crippen molar-refractivity contribution >= 4 is 16.7 Å². The van der Waals surface area contributed by atoms with E-state index in [1.165, 1.54) is 0 Å². The lowest BCUT2D eigenvalue weighted by atomic mass is 10.1. The van der Waals surface area contributed by atoms with Crippen molar-refractivity contribution in [2.45, 2.75) is 20.5 Å². The number of fused-ring (bicyclic) bond motifs is 1. The van der Waals surface area contributed by atoms with Gasteiger partial charge in [0.15, 0.2) is 5.76 Å². The Labute approximate surface area is 159 Å². The van der Waals surface area contributed by atoms with E-state index in [0.717, 1.165) is 36.2 Å². The predicted molar refractivity (Wildman–Crippen MR) is 107 cm³/mol. The highest BCUT2D eigenvalue weighted by atomic mass is 16.5. The number of hydrogen-bond donors (Lipinski definition) is 1. The summed E-state index contributed by atoms with van der Waals surface area (Å²) in [5.74, 6) is 1.54. The maximum atomic E-state index is 12.2. The maximum Gasteiger partial charge on any atom is 0.287 e. The molecule has 0 radical (unpaired) electrons. The highest BCUT2D eigenvalue weighted by Crippen LogP contribution is 2.26. The van der Waals surface area contributed by atoms with Crippen molar-refractivity contribution in [3.63, 3.8) is 0 Å². The molecule has 5 nitrogen and oxygen atoms in total. The molecule has 1 aromatic heterocycles. The molecule has 3 aromatic rings. The van der Waals surface area contributed by atoms with Crippen molar-refractivity contribution in [1.82, 2.24) is 10.2 Å². The molecule has 1 amide bonds. The number of ether oxygens (including phenoxy) is 1. The minimum Gasteiger partial charge on any atom is -0.485 e. The molecule has 0 saturated heterocycles. The van der Waals surface area contributed by atoms with Crippen molar-refractivity contribution in [2.24, 2.45) is 0 Å². The molecule has 0 spiro atoms. The quantitative estimate of drug-likeness (QED) is 0.620. The highest BCUT2D eigenvalue weighted by molar-refractivity contribution is 5.91. The number of carbonyl (C=O) groups is 1. The monoisotopic (exact) mass is 366 g/mol. The molecule has 1 heterocycles. The van der Waals surface area contributed by atoms with Crippen LogP contribution in [0.4, 0.5) is 0 Å². The van der Waals surface area contributed by atoms with Gasteiger partial charge < -0.3 is 19.4 Å². The van der Waals surface area contributed by atoms with Crippen molar-refractivity contribution in [3.05, 3.63) is 66.1 Å². The number of nitrogens with zero attached hydrogens (tertiary/aromatic N) is 1. The molecule has 0 atom stereocenters. The summed E-state index contributed by atoms with van der Waals surface area (Å²) < 4.78 is 11.5. The number of hydrogen-bond acceptors (Lipinski definition) is 4. The first-order chi connectivity index (χ1) is 13.2. The highest BCUT2D eigenvalue weighted by Gasteiger charge is 2.12. The molecule has 0 aliphatic rings. The molecule has 0 aliphatic carbocycles. The fourth-order valence-electron chi connectivity index (χ4n) is 3.00. The van der Waals surface area contributed by atoms with Crippen LogP contribution in [0, 0.1) is 0 Å². The van der Waals surface area contributed by atoms with Gasteiger partial charge in [0.1, 0.15) is 18.1 Å². The molecule has 0 aliphatic heterocycles. The minimum atomic E-state index is -0.196. The van der Waals surface area contributed by atoms with Crippen LogP contribution in [0.1, 0.15) is 30.2 Å². The molecule has 1 N–H and O–H groups in total. The zero-order chi connectivity index (χ0) is 19.1. The molecule has 5 heteroatoms. The van der Waals surface area contributed by atoms with Crippen LogP contribution in [0.15, 0.2) is 59.0 Å². The lowest BCUT2D eigenvalue weighted by Crippen LogP contribution is -2.34. The first-order valence-corrected chi connectivity index (χ1v) is 9.41. The number of likely N-dealkylation sites (N-methyl/N-ethyl adjacent to an activating group) is 1. The van der Waals surface area contributed by atoms with Gasteiger partial charge in [-0.3, -0.25) is 4.79 Å². The van der Waals surface area contributed by atoms with Crippen LogP contribution < -0.4 is 10.1 Å². The average Bonchev–Trinajstić information content (AvgIpc) is 3.18. The Kier molecular flexibility index (Phi) is 6.49. The van der Waals surface area contributed by atoms with Gasteiger partial charge >= 0.3 is 0 Å². The van der Waals surface area contributed by atoms with Crippen LogP contribution in [0.5, 0.6) is 5.75 Å². The molecule has 0 saturated carbocycles. The Morgan fingerprint density at radius 2 is 1.81 bits per heavy atom. The first-order valence-electron chi connectivity index (χ1n) is 9.41. The standard InChI is InChI=1S/C22H26N2O3/c1-3-24(4-2)15-14-23-22(25)21-13-12-18(27-21)16-26-20-11-7-9-17-8-5-6-10-19(17)20/h5-13H,3-4,14-16H2,1-2H3,(H,23,25). The Morgan fingerprint density at radius 3 is 2.63 bits per heavy atom. The Hall–Kier alpha value is -2.79. The van der Waals surface area contributed by atoms with Gasteiger partial charge in [0.2, 0.25) is 0 Å². The minimum absolute atomic E-state index is 0.196. The average molecular weight is 366 g/mol. The number of carbonyl (C=O) groups excluding carboxylic acids is 1. The summed E-state index contributed by atoms with van der Waals surface area (Å²) in [6, 6.07) is 17.5. The molecule has 0 unspecified atom stereocenters. The summed E-state index contributed by atoms with van der Waals surface area (Å²) in [5, 5.41) is 5.08. The largest absolute Gasteiger partial charge is 0.485 e. The van der Waals surface area contributed by atoms with Gasteiger partial charge in [0.25, 0.3) is 5.91 Å². The fraction of sp³-hybridized carbons (Fsp3) is 0.318. The van der Waals surface area contributed by atoms with Crippen LogP contribution in [0.25, 0.3) is 10.8 Å². The van der Waals surface area contributed by atoms with E-state index < -0.39 is 0 Å². The molecule has 2 aromatic carbocycles. The second-order valence-electron chi connectivity index (χ2n) is 6.31. The lowest BCUT2D eigenvalue weighted by Gasteiger charge is -2.17. The van der Waals surface area contributed by atoms with Crippen molar-refractivity contribution in [2.75, 3.05) is 26.2 Å². The molecule has 142 valence electrons. The van der Waals surface area contributed by atoms with Crippen molar-refractivity contribution in [3.8, 4) is 5.75 Å². The van der Waals surface area contributed by atoms with Gasteiger partial charge in [-0.2, -0.15) is 0 Å². The van der Waals surface area contributed by atoms with E-state index in [0.29, 0.717) is 18.1 Å². The number of furan rings is 1. The number of nitrogens with one attached hydrogen (secondary N) is 1. The van der Waals surface area contributed by atoms with Crippen LogP contribution in [0.3, 0.4) is 0 Å². The third kappa shape index (κ3) is 4.89. The molecule has 0 bridgehead atoms. The van der Waals surface area contributed by atoms with E-state index in [2.05, 4.69) is 36.2 Å². The van der Waals surface area contributed by atoms with Gasteiger partial charge in [-0.25, -0.2) is 0 Å². The van der Waals surface area contributed by atoms with Crippen LogP contribution in [0.2, 0.25) is 0 Å². The summed E-state index contributed by atoms with van der Waals surface area (Å²) in [4.78, 5) is 14.5. The summed E-state index contributed by atoms with van der Waals surface area (Å²) in [7, 11) is 0. The van der Waals surface area contributed by atoms with E-state index >= 15 is 0 Å². The zero-order valence-corrected chi connectivity index (χ0v) is 15.9. The van der Waals surface area contributed by atoms with E-state index in [-0.39, 0.29) is 12.5 Å². The predicted octanol–water partition coefficient (Wildman–Crippen LogP) is 4.08. The Bertz CT molecular complexity index is 879. The van der Waals surface area contributed by atoms with Gasteiger partial charge in [-0.15, -0.1) is 0 Å². The van der Waals surface area contributed by atoms with Crippen LogP contribution >= 0.6 is 0 Å². The number of rotatable bonds is 9. The molecule has 27 heavy (non-hydrogen) atoms. The van der Waals surface area contributed by atoms with E-state index in [1.54, 1.807) is 12.1 Å². The topological polar surface area (TPSA) is 54.7 Å². The second-order valence-corrected chi connectivity index (χ2v) is 6.31.